The molecule has 0 spiro atoms. The summed E-state index contributed by atoms with van der Waals surface area (Å²) in [7, 11) is 1.53. The van der Waals surface area contributed by atoms with Crippen molar-refractivity contribution in [2.75, 3.05) is 26.0 Å². The predicted molar refractivity (Wildman–Crippen MR) is 81.4 cm³/mol. The van der Waals surface area contributed by atoms with Gasteiger partial charge in [0, 0.05) is 13.7 Å². The first-order valence-electron chi connectivity index (χ1n) is 6.92. The molecule has 0 unspecified atom stereocenters. The molecule has 0 aliphatic rings. The molecule has 0 saturated carbocycles. The van der Waals surface area contributed by atoms with Gasteiger partial charge in [-0.25, -0.2) is 0 Å². The van der Waals surface area contributed by atoms with E-state index in [9.17, 15) is 18.0 Å². The lowest BCUT2D eigenvalue weighted by Crippen LogP contribution is -2.28. The number of carbonyl (C=O) groups is 1. The first-order chi connectivity index (χ1) is 11.9. The largest absolute Gasteiger partial charge is 0.573 e. The third kappa shape index (κ3) is 6.23. The first-order valence-corrected chi connectivity index (χ1v) is 7.90. The number of methoxy groups -OCH3 is 1. The molecule has 25 heavy (non-hydrogen) atoms. The fourth-order valence-corrected chi connectivity index (χ4v) is 2.41. The highest BCUT2D eigenvalue weighted by Gasteiger charge is 2.31. The van der Waals surface area contributed by atoms with Crippen molar-refractivity contribution in [3.8, 4) is 11.4 Å². The van der Waals surface area contributed by atoms with Crippen LogP contribution >= 0.6 is 11.8 Å². The Morgan fingerprint density at radius 1 is 1.32 bits per heavy atom. The number of carbonyl (C=O) groups excluding carboxylic acids is 1. The fraction of sp³-hybridized carbons (Fsp3) is 0.385. The zero-order chi connectivity index (χ0) is 18.3. The Morgan fingerprint density at radius 2 is 2.04 bits per heavy atom. The van der Waals surface area contributed by atoms with Crippen LogP contribution in [0.1, 0.15) is 0 Å². The Morgan fingerprint density at radius 3 is 2.68 bits per heavy atom. The van der Waals surface area contributed by atoms with Gasteiger partial charge in [0.25, 0.3) is 0 Å². The summed E-state index contributed by atoms with van der Waals surface area (Å²) < 4.78 is 46.4. The first kappa shape index (κ1) is 19.0. The lowest BCUT2D eigenvalue weighted by atomic mass is 10.3. The highest BCUT2D eigenvalue weighted by atomic mass is 32.2. The summed E-state index contributed by atoms with van der Waals surface area (Å²) >= 11 is 1.09. The van der Waals surface area contributed by atoms with Gasteiger partial charge in [-0.3, -0.25) is 4.79 Å². The maximum Gasteiger partial charge on any atom is 0.573 e. The van der Waals surface area contributed by atoms with Crippen LogP contribution in [0, 0.1) is 0 Å². The van der Waals surface area contributed by atoms with E-state index >= 15 is 0 Å². The molecule has 0 atom stereocenters. The van der Waals surface area contributed by atoms with E-state index in [0.29, 0.717) is 24.0 Å². The van der Waals surface area contributed by atoms with E-state index in [-0.39, 0.29) is 17.4 Å². The van der Waals surface area contributed by atoms with Crippen molar-refractivity contribution in [1.82, 2.24) is 25.5 Å². The van der Waals surface area contributed by atoms with Crippen LogP contribution in [-0.2, 0) is 9.53 Å². The smallest absolute Gasteiger partial charge is 0.406 e. The number of nitrogens with one attached hydrogen (secondary N) is 1. The van der Waals surface area contributed by atoms with Gasteiger partial charge in [0.15, 0.2) is 0 Å². The highest BCUT2D eigenvalue weighted by molar-refractivity contribution is 7.99. The third-order valence-electron chi connectivity index (χ3n) is 2.72. The quantitative estimate of drug-likeness (QED) is 0.549. The van der Waals surface area contributed by atoms with Crippen molar-refractivity contribution in [2.24, 2.45) is 0 Å². The Balaban J connectivity index is 1.97. The molecule has 2 rings (SSSR count). The number of hydrogen-bond donors (Lipinski definition) is 1. The van der Waals surface area contributed by atoms with Crippen molar-refractivity contribution < 1.29 is 27.4 Å². The van der Waals surface area contributed by atoms with Crippen LogP contribution < -0.4 is 10.1 Å². The second-order valence-corrected chi connectivity index (χ2v) is 5.49. The van der Waals surface area contributed by atoms with Crippen LogP contribution in [-0.4, -0.2) is 58.5 Å². The van der Waals surface area contributed by atoms with Crippen LogP contribution in [0.5, 0.6) is 5.75 Å². The number of ether oxygens (including phenoxy) is 2. The lowest BCUT2D eigenvalue weighted by molar-refractivity contribution is -0.274. The Labute approximate surface area is 144 Å². The average Bonchev–Trinajstić information content (AvgIpc) is 3.01. The molecule has 0 radical (unpaired) electrons. The Kier molecular flexibility index (Phi) is 6.58. The molecule has 0 fully saturated rings. The Bertz CT molecular complexity index is 693. The van der Waals surface area contributed by atoms with Gasteiger partial charge in [0.05, 0.1) is 18.0 Å². The molecule has 0 aliphatic carbocycles. The maximum atomic E-state index is 12.2. The number of hydrogen-bond acceptors (Lipinski definition) is 7. The van der Waals surface area contributed by atoms with Crippen LogP contribution in [0.3, 0.4) is 0 Å². The van der Waals surface area contributed by atoms with E-state index in [1.807, 2.05) is 0 Å². The predicted octanol–water partition coefficient (Wildman–Crippen LogP) is 1.42. The van der Waals surface area contributed by atoms with Gasteiger partial charge < -0.3 is 14.8 Å². The van der Waals surface area contributed by atoms with Crippen molar-refractivity contribution in [2.45, 2.75) is 11.5 Å². The summed E-state index contributed by atoms with van der Waals surface area (Å²) in [6.07, 6.45) is -4.76. The Hall–Kier alpha value is -2.34. The molecule has 1 amide bonds. The number of aromatic nitrogens is 4. The average molecular weight is 377 g/mol. The van der Waals surface area contributed by atoms with Crippen LogP contribution in [0.15, 0.2) is 29.4 Å². The number of amides is 1. The molecule has 1 N–H and O–H groups in total. The van der Waals surface area contributed by atoms with E-state index < -0.39 is 6.36 Å². The minimum atomic E-state index is -4.76. The van der Waals surface area contributed by atoms with Crippen molar-refractivity contribution in [3.63, 3.8) is 0 Å². The number of benzene rings is 1. The van der Waals surface area contributed by atoms with Gasteiger partial charge in [0.1, 0.15) is 5.75 Å². The van der Waals surface area contributed by atoms with Gasteiger partial charge >= 0.3 is 6.36 Å². The molecule has 1 aromatic heterocycles. The molecule has 1 heterocycles. The molecule has 12 heteroatoms. The van der Waals surface area contributed by atoms with Crippen LogP contribution in [0.2, 0.25) is 0 Å². The third-order valence-corrected chi connectivity index (χ3v) is 3.64. The molecule has 136 valence electrons. The summed E-state index contributed by atoms with van der Waals surface area (Å²) in [6.45, 7) is 0.794. The highest BCUT2D eigenvalue weighted by Crippen LogP contribution is 2.24. The fourth-order valence-electron chi connectivity index (χ4n) is 1.69. The summed E-state index contributed by atoms with van der Waals surface area (Å²) in [6, 6.07) is 5.05. The number of rotatable bonds is 8. The summed E-state index contributed by atoms with van der Waals surface area (Å²) in [5, 5.41) is 14.0. The standard InChI is InChI=1S/C13H14F3N5O3S/c1-23-7-6-17-11(22)8-25-12-18-19-20-21(12)9-2-4-10(5-3-9)24-13(14,15)16/h2-5H,6-8H2,1H3,(H,17,22). The van der Waals surface area contributed by atoms with E-state index in [0.717, 1.165) is 23.9 Å². The zero-order valence-electron chi connectivity index (χ0n) is 13.0. The van der Waals surface area contributed by atoms with Crippen molar-refractivity contribution >= 4 is 17.7 Å². The van der Waals surface area contributed by atoms with Gasteiger partial charge in [-0.05, 0) is 34.7 Å². The van der Waals surface area contributed by atoms with E-state index in [4.69, 9.17) is 4.74 Å². The molecule has 1 aromatic carbocycles. The summed E-state index contributed by atoms with van der Waals surface area (Å²) in [5.41, 5.74) is 0.432. The van der Waals surface area contributed by atoms with Crippen molar-refractivity contribution in [3.05, 3.63) is 24.3 Å². The molecular formula is C13H14F3N5O3S. The molecule has 0 bridgehead atoms. The van der Waals surface area contributed by atoms with Gasteiger partial charge in [0.2, 0.25) is 11.1 Å². The molecule has 2 aromatic rings. The number of nitrogens with zero attached hydrogens (tertiary/aromatic N) is 4. The second-order valence-electron chi connectivity index (χ2n) is 4.55. The van der Waals surface area contributed by atoms with Gasteiger partial charge in [-0.2, -0.15) is 4.68 Å². The summed E-state index contributed by atoms with van der Waals surface area (Å²) in [4.78, 5) is 11.6. The topological polar surface area (TPSA) is 91.2 Å². The SMILES string of the molecule is COCCNC(=O)CSc1nnnn1-c1ccc(OC(F)(F)F)cc1. The van der Waals surface area contributed by atoms with Gasteiger partial charge in [-0.15, -0.1) is 18.3 Å². The maximum absolute atomic E-state index is 12.2. The number of alkyl halides is 3. The lowest BCUT2D eigenvalue weighted by Gasteiger charge is -2.09. The van der Waals surface area contributed by atoms with Gasteiger partial charge in [-0.1, -0.05) is 11.8 Å². The minimum absolute atomic E-state index is 0.0827. The van der Waals surface area contributed by atoms with Crippen LogP contribution in [0.4, 0.5) is 13.2 Å². The zero-order valence-corrected chi connectivity index (χ0v) is 13.8. The van der Waals surface area contributed by atoms with E-state index in [1.54, 1.807) is 0 Å². The summed E-state index contributed by atoms with van der Waals surface area (Å²) in [5.74, 6) is -0.485. The van der Waals surface area contributed by atoms with E-state index in [2.05, 4.69) is 25.6 Å². The molecule has 8 nitrogen and oxygen atoms in total. The monoisotopic (exact) mass is 377 g/mol. The molecular weight excluding hydrogens is 363 g/mol. The molecule has 0 aliphatic heterocycles. The second kappa shape index (κ2) is 8.67. The number of thioether (sulfide) groups is 1. The molecule has 0 saturated heterocycles. The minimum Gasteiger partial charge on any atom is -0.406 e. The number of halogens is 3. The van der Waals surface area contributed by atoms with Crippen LogP contribution in [0.25, 0.3) is 5.69 Å². The van der Waals surface area contributed by atoms with Crippen molar-refractivity contribution in [1.29, 1.82) is 0 Å². The van der Waals surface area contributed by atoms with E-state index in [1.165, 1.54) is 23.9 Å². The normalized spacial score (nSPS) is 11.4. The number of tetrazole rings is 1.